The van der Waals surface area contributed by atoms with Crippen LogP contribution in [0.4, 0.5) is 0 Å². The number of nitrogens with one attached hydrogen (secondary N) is 1. The summed E-state index contributed by atoms with van der Waals surface area (Å²) in [6.45, 7) is 0.463. The van der Waals surface area contributed by atoms with Crippen LogP contribution in [0.15, 0.2) is 48.5 Å². The number of amides is 1. The highest BCUT2D eigenvalue weighted by Crippen LogP contribution is 2.26. The minimum absolute atomic E-state index is 0.154. The van der Waals surface area contributed by atoms with Gasteiger partial charge in [-0.1, -0.05) is 23.5 Å². The van der Waals surface area contributed by atoms with Gasteiger partial charge in [0.1, 0.15) is 22.4 Å². The molecule has 3 aromatic rings. The smallest absolute Gasteiger partial charge is 0.337 e. The lowest BCUT2D eigenvalue weighted by Crippen LogP contribution is -2.23. The Morgan fingerprint density at radius 1 is 1.14 bits per heavy atom. The molecule has 29 heavy (non-hydrogen) atoms. The average Bonchev–Trinajstić information content (AvgIpc) is 3.25. The van der Waals surface area contributed by atoms with Crippen LogP contribution in [-0.2, 0) is 27.5 Å². The maximum atomic E-state index is 11.6. The fraction of sp³-hybridized carbons (Fsp3) is 0.150. The summed E-state index contributed by atoms with van der Waals surface area (Å²) >= 11 is 1.32. The van der Waals surface area contributed by atoms with Gasteiger partial charge in [-0.25, -0.2) is 4.79 Å². The van der Waals surface area contributed by atoms with E-state index >= 15 is 0 Å². The van der Waals surface area contributed by atoms with Gasteiger partial charge in [0.2, 0.25) is 6.29 Å². The maximum Gasteiger partial charge on any atom is 0.337 e. The van der Waals surface area contributed by atoms with Crippen LogP contribution in [0.1, 0.15) is 20.9 Å². The molecule has 9 heteroatoms. The molecule has 0 saturated carbocycles. The van der Waals surface area contributed by atoms with E-state index in [1.165, 1.54) is 18.4 Å². The molecule has 148 valence electrons. The van der Waals surface area contributed by atoms with Crippen LogP contribution in [-0.4, -0.2) is 35.5 Å². The molecule has 3 rings (SSSR count). The summed E-state index contributed by atoms with van der Waals surface area (Å²) in [7, 11) is 1.34. The number of aldehydes is 1. The number of carbonyl (C=O) groups excluding carboxylic acids is 3. The Kier molecular flexibility index (Phi) is 6.64. The predicted molar refractivity (Wildman–Crippen MR) is 105 cm³/mol. The van der Waals surface area contributed by atoms with Crippen LogP contribution in [0.5, 0.6) is 5.75 Å². The highest BCUT2D eigenvalue weighted by Gasteiger charge is 2.09. The minimum atomic E-state index is -0.694. The Balaban J connectivity index is 1.59. The second-order valence-electron chi connectivity index (χ2n) is 5.84. The molecule has 1 aromatic heterocycles. The van der Waals surface area contributed by atoms with Gasteiger partial charge >= 0.3 is 5.97 Å². The van der Waals surface area contributed by atoms with Gasteiger partial charge in [-0.2, -0.15) is 0 Å². The Labute approximate surface area is 170 Å². The van der Waals surface area contributed by atoms with E-state index in [2.05, 4.69) is 15.5 Å². The zero-order valence-electron chi connectivity index (χ0n) is 15.5. The van der Waals surface area contributed by atoms with E-state index in [4.69, 9.17) is 9.47 Å². The number of ether oxygens (including phenoxy) is 2. The molecule has 1 N–H and O–H groups in total. The number of methoxy groups -OCH3 is 1. The molecule has 0 unspecified atom stereocenters. The van der Waals surface area contributed by atoms with Gasteiger partial charge < -0.3 is 14.8 Å². The van der Waals surface area contributed by atoms with Gasteiger partial charge in [-0.05, 0) is 42.0 Å². The first-order valence-corrected chi connectivity index (χ1v) is 9.36. The predicted octanol–water partition coefficient (Wildman–Crippen LogP) is 2.39. The summed E-state index contributed by atoms with van der Waals surface area (Å²) in [5.41, 5.74) is 2.18. The molecular weight excluding hydrogens is 394 g/mol. The lowest BCUT2D eigenvalue weighted by atomic mass is 10.1. The second-order valence-corrected chi connectivity index (χ2v) is 6.90. The number of rotatable bonds is 8. The van der Waals surface area contributed by atoms with E-state index in [1.807, 2.05) is 30.3 Å². The van der Waals surface area contributed by atoms with Gasteiger partial charge in [0.05, 0.1) is 19.2 Å². The van der Waals surface area contributed by atoms with Crippen molar-refractivity contribution in [1.82, 2.24) is 15.5 Å². The van der Waals surface area contributed by atoms with Crippen LogP contribution in [0, 0.1) is 0 Å². The Morgan fingerprint density at radius 2 is 1.93 bits per heavy atom. The molecule has 8 nitrogen and oxygen atoms in total. The molecule has 0 fully saturated rings. The number of aromatic nitrogens is 2. The highest BCUT2D eigenvalue weighted by atomic mass is 32.1. The average molecular weight is 411 g/mol. The molecule has 0 aliphatic carbocycles. The zero-order chi connectivity index (χ0) is 20.6. The topological polar surface area (TPSA) is 107 Å². The van der Waals surface area contributed by atoms with Crippen molar-refractivity contribution in [2.75, 3.05) is 7.11 Å². The first kappa shape index (κ1) is 20.2. The van der Waals surface area contributed by atoms with Crippen LogP contribution in [0.3, 0.4) is 0 Å². The van der Waals surface area contributed by atoms with E-state index in [0.717, 1.165) is 11.1 Å². The monoisotopic (exact) mass is 411 g/mol. The van der Waals surface area contributed by atoms with E-state index < -0.39 is 11.9 Å². The Hall–Kier alpha value is -3.59. The molecule has 0 aliphatic heterocycles. The fourth-order valence-corrected chi connectivity index (χ4v) is 3.20. The second kappa shape index (κ2) is 9.56. The molecule has 0 atom stereocenters. The quantitative estimate of drug-likeness (QED) is 0.344. The normalized spacial score (nSPS) is 10.2. The minimum Gasteiger partial charge on any atom is -0.489 e. The third kappa shape index (κ3) is 5.45. The Bertz CT molecular complexity index is 1020. The van der Waals surface area contributed by atoms with Gasteiger partial charge in [0, 0.05) is 5.56 Å². The summed E-state index contributed by atoms with van der Waals surface area (Å²) in [5.74, 6) is -0.418. The lowest BCUT2D eigenvalue weighted by Gasteiger charge is -2.08. The standard InChI is InChI=1S/C20H17N3O5S/c1-27-20(26)15-4-2-3-13(9-15)12-28-16-7-5-14(6-8-16)19-23-22-18(29-19)10-21-17(25)11-24/h2-9,11H,10,12H2,1H3,(H,21,25). The number of carbonyl (C=O) groups is 3. The first-order chi connectivity index (χ1) is 14.1. The highest BCUT2D eigenvalue weighted by molar-refractivity contribution is 7.14. The summed E-state index contributed by atoms with van der Waals surface area (Å²) in [4.78, 5) is 32.9. The number of benzene rings is 2. The van der Waals surface area contributed by atoms with Crippen LogP contribution >= 0.6 is 11.3 Å². The number of hydrogen-bond acceptors (Lipinski definition) is 8. The Morgan fingerprint density at radius 3 is 2.66 bits per heavy atom. The van der Waals surface area contributed by atoms with Crippen LogP contribution in [0.2, 0.25) is 0 Å². The third-order valence-corrected chi connectivity index (χ3v) is 4.81. The zero-order valence-corrected chi connectivity index (χ0v) is 16.3. The number of esters is 1. The van der Waals surface area contributed by atoms with E-state index in [0.29, 0.717) is 27.9 Å². The molecule has 2 aromatic carbocycles. The van der Waals surface area contributed by atoms with E-state index in [-0.39, 0.29) is 12.8 Å². The van der Waals surface area contributed by atoms with Crippen LogP contribution < -0.4 is 10.1 Å². The van der Waals surface area contributed by atoms with Gasteiger partial charge in [0.25, 0.3) is 5.91 Å². The van der Waals surface area contributed by atoms with E-state index in [9.17, 15) is 14.4 Å². The van der Waals surface area contributed by atoms with Crippen molar-refractivity contribution in [2.24, 2.45) is 0 Å². The maximum absolute atomic E-state index is 11.6. The summed E-state index contributed by atoms with van der Waals surface area (Å²) in [5, 5.41) is 11.8. The lowest BCUT2D eigenvalue weighted by molar-refractivity contribution is -0.131. The van der Waals surface area contributed by atoms with Gasteiger partial charge in [0.15, 0.2) is 0 Å². The van der Waals surface area contributed by atoms with Gasteiger partial charge in [-0.3, -0.25) is 9.59 Å². The van der Waals surface area contributed by atoms with E-state index in [1.54, 1.807) is 18.2 Å². The van der Waals surface area contributed by atoms with Crippen molar-refractivity contribution < 1.29 is 23.9 Å². The molecule has 0 saturated heterocycles. The molecule has 0 bridgehead atoms. The molecular formula is C20H17N3O5S. The van der Waals surface area contributed by atoms with Crippen molar-refractivity contribution in [2.45, 2.75) is 13.2 Å². The van der Waals surface area contributed by atoms with Gasteiger partial charge in [-0.15, -0.1) is 10.2 Å². The van der Waals surface area contributed by atoms with Crippen molar-refractivity contribution in [3.8, 4) is 16.3 Å². The largest absolute Gasteiger partial charge is 0.489 e. The van der Waals surface area contributed by atoms with Crippen molar-refractivity contribution in [3.05, 3.63) is 64.7 Å². The summed E-state index contributed by atoms with van der Waals surface area (Å²) < 4.78 is 10.5. The molecule has 0 aliphatic rings. The molecule has 0 spiro atoms. The van der Waals surface area contributed by atoms with Crippen molar-refractivity contribution in [1.29, 1.82) is 0 Å². The fourth-order valence-electron chi connectivity index (χ4n) is 2.41. The first-order valence-electron chi connectivity index (χ1n) is 8.55. The third-order valence-electron chi connectivity index (χ3n) is 3.84. The summed E-state index contributed by atoms with van der Waals surface area (Å²) in [6, 6.07) is 14.4. The molecule has 0 radical (unpaired) electrons. The SMILES string of the molecule is COC(=O)c1cccc(COc2ccc(-c3nnc(CNC(=O)C=O)s3)cc2)c1. The van der Waals surface area contributed by atoms with Crippen LogP contribution in [0.25, 0.3) is 10.6 Å². The number of hydrogen-bond donors (Lipinski definition) is 1. The molecule has 1 amide bonds. The summed E-state index contributed by atoms with van der Waals surface area (Å²) in [6.07, 6.45) is 0.215. The van der Waals surface area contributed by atoms with Crippen molar-refractivity contribution in [3.63, 3.8) is 0 Å². The van der Waals surface area contributed by atoms with Crippen molar-refractivity contribution >= 4 is 29.5 Å². The molecule has 1 heterocycles. The number of nitrogens with zero attached hydrogens (tertiary/aromatic N) is 2.